The lowest BCUT2D eigenvalue weighted by Gasteiger charge is -2.07. The molecular weight excluding hydrogens is 182 g/mol. The Morgan fingerprint density at radius 3 is 3.38 bits per heavy atom. The van der Waals surface area contributed by atoms with Crippen LogP contribution in [0.2, 0.25) is 0 Å². The molecule has 1 aromatic heterocycles. The molecule has 13 heavy (non-hydrogen) atoms. The molecule has 1 unspecified atom stereocenters. The molecule has 0 saturated carbocycles. The highest BCUT2D eigenvalue weighted by molar-refractivity contribution is 7.09. The summed E-state index contributed by atoms with van der Waals surface area (Å²) in [5, 5.41) is 10.0. The molecule has 1 fully saturated rings. The third-order valence-corrected chi connectivity index (χ3v) is 3.13. The van der Waals surface area contributed by atoms with Crippen molar-refractivity contribution >= 4 is 11.3 Å². The van der Waals surface area contributed by atoms with Crippen LogP contribution in [-0.2, 0) is 6.54 Å². The first-order valence-corrected chi connectivity index (χ1v) is 5.63. The molecular formula is C9H15N3S. The second-order valence-corrected chi connectivity index (χ2v) is 4.39. The number of nitrogens with zero attached hydrogens (tertiary/aromatic N) is 1. The third kappa shape index (κ3) is 2.76. The molecule has 0 bridgehead atoms. The standard InChI is InChI=1S/C9H15N3S/c1-2-10-5-8(1)6-11-7-9-12-3-4-13-9/h3-4,8,10-11H,1-2,5-7H2. The fourth-order valence-corrected chi connectivity index (χ4v) is 2.20. The Hall–Kier alpha value is -0.450. The van der Waals surface area contributed by atoms with Crippen LogP contribution in [0.15, 0.2) is 11.6 Å². The molecule has 2 heterocycles. The summed E-state index contributed by atoms with van der Waals surface area (Å²) in [4.78, 5) is 4.22. The average Bonchev–Trinajstić information content (AvgIpc) is 2.75. The highest BCUT2D eigenvalue weighted by atomic mass is 32.1. The Kier molecular flexibility index (Phi) is 3.29. The van der Waals surface area contributed by atoms with Gasteiger partial charge in [0, 0.05) is 18.1 Å². The predicted octanol–water partition coefficient (Wildman–Crippen LogP) is 0.842. The summed E-state index contributed by atoms with van der Waals surface area (Å²) in [5.74, 6) is 0.819. The molecule has 3 nitrogen and oxygen atoms in total. The quantitative estimate of drug-likeness (QED) is 0.751. The summed E-state index contributed by atoms with van der Waals surface area (Å²) < 4.78 is 0. The number of rotatable bonds is 4. The minimum atomic E-state index is 0.819. The number of hydrogen-bond acceptors (Lipinski definition) is 4. The monoisotopic (exact) mass is 197 g/mol. The van der Waals surface area contributed by atoms with Gasteiger partial charge in [0.15, 0.2) is 0 Å². The van der Waals surface area contributed by atoms with E-state index >= 15 is 0 Å². The zero-order chi connectivity index (χ0) is 8.93. The smallest absolute Gasteiger partial charge is 0.106 e. The van der Waals surface area contributed by atoms with Gasteiger partial charge in [-0.25, -0.2) is 4.98 Å². The van der Waals surface area contributed by atoms with Gasteiger partial charge >= 0.3 is 0 Å². The lowest BCUT2D eigenvalue weighted by atomic mass is 10.1. The molecule has 1 atom stereocenters. The summed E-state index contributed by atoms with van der Waals surface area (Å²) >= 11 is 1.72. The van der Waals surface area contributed by atoms with Gasteiger partial charge in [-0.15, -0.1) is 11.3 Å². The fraction of sp³-hybridized carbons (Fsp3) is 0.667. The fourth-order valence-electron chi connectivity index (χ4n) is 1.61. The van der Waals surface area contributed by atoms with Gasteiger partial charge in [0.25, 0.3) is 0 Å². The van der Waals surface area contributed by atoms with Crippen LogP contribution in [0.3, 0.4) is 0 Å². The molecule has 1 aliphatic heterocycles. The highest BCUT2D eigenvalue weighted by Crippen LogP contribution is 2.07. The van der Waals surface area contributed by atoms with Gasteiger partial charge in [0.1, 0.15) is 5.01 Å². The minimum absolute atomic E-state index is 0.819. The second-order valence-electron chi connectivity index (χ2n) is 3.42. The molecule has 4 heteroatoms. The average molecular weight is 197 g/mol. The maximum absolute atomic E-state index is 4.22. The van der Waals surface area contributed by atoms with Gasteiger partial charge < -0.3 is 10.6 Å². The van der Waals surface area contributed by atoms with Crippen molar-refractivity contribution in [3.05, 3.63) is 16.6 Å². The van der Waals surface area contributed by atoms with E-state index in [1.54, 1.807) is 11.3 Å². The van der Waals surface area contributed by atoms with Crippen molar-refractivity contribution in [1.82, 2.24) is 15.6 Å². The first-order valence-electron chi connectivity index (χ1n) is 4.75. The molecule has 0 aliphatic carbocycles. The van der Waals surface area contributed by atoms with Gasteiger partial charge in [-0.3, -0.25) is 0 Å². The van der Waals surface area contributed by atoms with E-state index in [-0.39, 0.29) is 0 Å². The number of thiazole rings is 1. The van der Waals surface area contributed by atoms with E-state index in [0.717, 1.165) is 19.0 Å². The summed E-state index contributed by atoms with van der Waals surface area (Å²) in [6.45, 7) is 4.40. The summed E-state index contributed by atoms with van der Waals surface area (Å²) in [6.07, 6.45) is 3.17. The van der Waals surface area contributed by atoms with Crippen LogP contribution in [0.25, 0.3) is 0 Å². The van der Waals surface area contributed by atoms with E-state index in [1.165, 1.54) is 24.5 Å². The molecule has 0 aromatic carbocycles. The van der Waals surface area contributed by atoms with Crippen LogP contribution in [0, 0.1) is 5.92 Å². The maximum Gasteiger partial charge on any atom is 0.106 e. The Morgan fingerprint density at radius 2 is 2.69 bits per heavy atom. The van der Waals surface area contributed by atoms with Crippen molar-refractivity contribution in [3.63, 3.8) is 0 Å². The lowest BCUT2D eigenvalue weighted by molar-refractivity contribution is 0.512. The lowest BCUT2D eigenvalue weighted by Crippen LogP contribution is -2.23. The van der Waals surface area contributed by atoms with Crippen LogP contribution in [0.4, 0.5) is 0 Å². The van der Waals surface area contributed by atoms with Crippen molar-refractivity contribution in [2.75, 3.05) is 19.6 Å². The first kappa shape index (κ1) is 9.12. The van der Waals surface area contributed by atoms with E-state index in [2.05, 4.69) is 15.6 Å². The summed E-state index contributed by atoms with van der Waals surface area (Å²) in [7, 11) is 0. The third-order valence-electron chi connectivity index (χ3n) is 2.36. The van der Waals surface area contributed by atoms with Crippen molar-refractivity contribution in [1.29, 1.82) is 0 Å². The molecule has 0 spiro atoms. The Bertz CT molecular complexity index is 229. The van der Waals surface area contributed by atoms with Crippen molar-refractivity contribution in [2.24, 2.45) is 5.92 Å². The predicted molar refractivity (Wildman–Crippen MR) is 54.8 cm³/mol. The van der Waals surface area contributed by atoms with E-state index in [0.29, 0.717) is 0 Å². The topological polar surface area (TPSA) is 37.0 Å². The summed E-state index contributed by atoms with van der Waals surface area (Å²) in [6, 6.07) is 0. The van der Waals surface area contributed by atoms with Crippen LogP contribution in [0.5, 0.6) is 0 Å². The van der Waals surface area contributed by atoms with Crippen molar-refractivity contribution < 1.29 is 0 Å². The van der Waals surface area contributed by atoms with Crippen molar-refractivity contribution in [2.45, 2.75) is 13.0 Å². The molecule has 2 rings (SSSR count). The van der Waals surface area contributed by atoms with E-state index in [1.807, 2.05) is 11.6 Å². The Morgan fingerprint density at radius 1 is 1.69 bits per heavy atom. The van der Waals surface area contributed by atoms with Crippen LogP contribution in [-0.4, -0.2) is 24.6 Å². The minimum Gasteiger partial charge on any atom is -0.316 e. The number of aromatic nitrogens is 1. The second kappa shape index (κ2) is 4.69. The zero-order valence-corrected chi connectivity index (χ0v) is 8.44. The van der Waals surface area contributed by atoms with E-state index in [4.69, 9.17) is 0 Å². The number of hydrogen-bond donors (Lipinski definition) is 2. The van der Waals surface area contributed by atoms with Gasteiger partial charge in [-0.2, -0.15) is 0 Å². The molecule has 0 radical (unpaired) electrons. The molecule has 2 N–H and O–H groups in total. The Labute approximate surface area is 82.6 Å². The van der Waals surface area contributed by atoms with Crippen molar-refractivity contribution in [3.8, 4) is 0 Å². The van der Waals surface area contributed by atoms with Gasteiger partial charge in [0.05, 0.1) is 0 Å². The normalized spacial score (nSPS) is 22.3. The van der Waals surface area contributed by atoms with Crippen LogP contribution < -0.4 is 10.6 Å². The largest absolute Gasteiger partial charge is 0.316 e. The van der Waals surface area contributed by atoms with Gasteiger partial charge in [-0.05, 0) is 32.0 Å². The molecule has 0 amide bonds. The number of nitrogens with one attached hydrogen (secondary N) is 2. The molecule has 1 aromatic rings. The first-order chi connectivity index (χ1) is 6.45. The maximum atomic E-state index is 4.22. The Balaban J connectivity index is 1.63. The SMILES string of the molecule is c1csc(CNCC2CCNC2)n1. The molecule has 1 aliphatic rings. The summed E-state index contributed by atoms with van der Waals surface area (Å²) in [5.41, 5.74) is 0. The van der Waals surface area contributed by atoms with E-state index < -0.39 is 0 Å². The van der Waals surface area contributed by atoms with Crippen LogP contribution in [0.1, 0.15) is 11.4 Å². The highest BCUT2D eigenvalue weighted by Gasteiger charge is 2.13. The van der Waals surface area contributed by atoms with Gasteiger partial charge in [0.2, 0.25) is 0 Å². The van der Waals surface area contributed by atoms with Crippen LogP contribution >= 0.6 is 11.3 Å². The van der Waals surface area contributed by atoms with Gasteiger partial charge in [-0.1, -0.05) is 0 Å². The van der Waals surface area contributed by atoms with E-state index in [9.17, 15) is 0 Å². The molecule has 72 valence electrons. The zero-order valence-electron chi connectivity index (χ0n) is 7.62. The molecule has 1 saturated heterocycles.